The van der Waals surface area contributed by atoms with Crippen molar-refractivity contribution in [3.05, 3.63) is 59.7 Å². The summed E-state index contributed by atoms with van der Waals surface area (Å²) in [5.41, 5.74) is 1.45. The molecule has 24 heavy (non-hydrogen) atoms. The van der Waals surface area contributed by atoms with Crippen molar-refractivity contribution >= 4 is 11.5 Å². The summed E-state index contributed by atoms with van der Waals surface area (Å²) in [6, 6.07) is 11.9. The summed E-state index contributed by atoms with van der Waals surface area (Å²) < 4.78 is 10.7. The fraction of sp³-hybridized carbons (Fsp3) is 0.211. The molecule has 0 radical (unpaired) electrons. The van der Waals surface area contributed by atoms with E-state index >= 15 is 0 Å². The Hall–Kier alpha value is -2.95. The van der Waals surface area contributed by atoms with E-state index in [4.69, 9.17) is 9.47 Å². The first-order valence-electron chi connectivity index (χ1n) is 7.60. The minimum Gasteiger partial charge on any atom is -0.507 e. The van der Waals surface area contributed by atoms with Gasteiger partial charge in [0, 0.05) is 17.7 Å². The highest BCUT2D eigenvalue weighted by atomic mass is 16.5. The molecule has 0 amide bonds. The van der Waals surface area contributed by atoms with Crippen molar-refractivity contribution in [1.29, 1.82) is 0 Å². The zero-order valence-corrected chi connectivity index (χ0v) is 13.7. The van der Waals surface area contributed by atoms with Crippen molar-refractivity contribution in [3.8, 4) is 17.2 Å². The number of methoxy groups -OCH3 is 1. The first kappa shape index (κ1) is 17.4. The minimum atomic E-state index is -1.10. The van der Waals surface area contributed by atoms with Crippen LogP contribution in [0.2, 0.25) is 0 Å². The second-order valence-corrected chi connectivity index (χ2v) is 5.16. The van der Waals surface area contributed by atoms with Gasteiger partial charge < -0.3 is 19.7 Å². The van der Waals surface area contributed by atoms with E-state index in [0.29, 0.717) is 34.8 Å². The van der Waals surface area contributed by atoms with Gasteiger partial charge in [0.1, 0.15) is 17.2 Å². The van der Waals surface area contributed by atoms with Gasteiger partial charge in [0.15, 0.2) is 0 Å². The second-order valence-electron chi connectivity index (χ2n) is 5.16. The molecule has 2 aromatic rings. The van der Waals surface area contributed by atoms with Crippen LogP contribution in [0.1, 0.15) is 24.5 Å². The first-order valence-corrected chi connectivity index (χ1v) is 7.60. The van der Waals surface area contributed by atoms with Gasteiger partial charge in [0.05, 0.1) is 13.7 Å². The summed E-state index contributed by atoms with van der Waals surface area (Å²) in [5, 5.41) is 19.4. The van der Waals surface area contributed by atoms with Crippen molar-refractivity contribution in [2.75, 3.05) is 13.7 Å². The quantitative estimate of drug-likeness (QED) is 0.758. The van der Waals surface area contributed by atoms with Crippen LogP contribution in [0, 0.1) is 0 Å². The molecule has 5 heteroatoms. The number of phenols is 1. The first-order chi connectivity index (χ1) is 11.5. The van der Waals surface area contributed by atoms with E-state index in [1.165, 1.54) is 13.2 Å². The lowest BCUT2D eigenvalue weighted by atomic mass is 9.96. The van der Waals surface area contributed by atoms with Crippen LogP contribution < -0.4 is 9.47 Å². The third-order valence-corrected chi connectivity index (χ3v) is 3.38. The zero-order valence-electron chi connectivity index (χ0n) is 13.7. The predicted octanol–water partition coefficient (Wildman–Crippen LogP) is 3.71. The molecule has 0 aliphatic carbocycles. The number of hydrogen-bond acceptors (Lipinski definition) is 4. The van der Waals surface area contributed by atoms with Gasteiger partial charge in [-0.25, -0.2) is 4.79 Å². The lowest BCUT2D eigenvalue weighted by molar-refractivity contribution is -0.131. The average Bonchev–Trinajstić information content (AvgIpc) is 2.58. The highest BCUT2D eigenvalue weighted by molar-refractivity contribution is 5.96. The van der Waals surface area contributed by atoms with Crippen LogP contribution in [0.3, 0.4) is 0 Å². The molecule has 2 aromatic carbocycles. The van der Waals surface area contributed by atoms with Crippen molar-refractivity contribution in [2.45, 2.75) is 13.3 Å². The van der Waals surface area contributed by atoms with Crippen LogP contribution in [-0.2, 0) is 4.79 Å². The summed E-state index contributed by atoms with van der Waals surface area (Å²) >= 11 is 0. The molecule has 0 atom stereocenters. The Morgan fingerprint density at radius 1 is 1.17 bits per heavy atom. The molecular formula is C19H20O5. The van der Waals surface area contributed by atoms with Crippen LogP contribution >= 0.6 is 0 Å². The van der Waals surface area contributed by atoms with Gasteiger partial charge in [-0.2, -0.15) is 0 Å². The van der Waals surface area contributed by atoms with Gasteiger partial charge in [-0.3, -0.25) is 0 Å². The Balaban J connectivity index is 2.49. The maximum Gasteiger partial charge on any atom is 0.328 e. The Kier molecular flexibility index (Phi) is 5.84. The number of aliphatic carboxylic acids is 1. The summed E-state index contributed by atoms with van der Waals surface area (Å²) in [6.45, 7) is 2.59. The molecule has 0 fully saturated rings. The van der Waals surface area contributed by atoms with Gasteiger partial charge in [-0.05, 0) is 41.8 Å². The number of hydrogen-bond donors (Lipinski definition) is 2. The van der Waals surface area contributed by atoms with Gasteiger partial charge in [0.25, 0.3) is 0 Å². The minimum absolute atomic E-state index is 0.0540. The molecule has 2 rings (SSSR count). The number of phenolic OH excluding ortho intramolecular Hbond substituents is 1. The Labute approximate surface area is 140 Å². The van der Waals surface area contributed by atoms with E-state index in [9.17, 15) is 15.0 Å². The second kappa shape index (κ2) is 8.06. The third-order valence-electron chi connectivity index (χ3n) is 3.38. The predicted molar refractivity (Wildman–Crippen MR) is 91.6 cm³/mol. The highest BCUT2D eigenvalue weighted by Crippen LogP contribution is 2.34. The summed E-state index contributed by atoms with van der Waals surface area (Å²) in [6.07, 6.45) is 1.95. The van der Waals surface area contributed by atoms with E-state index in [0.717, 1.165) is 12.5 Å². The Bertz CT molecular complexity index is 749. The highest BCUT2D eigenvalue weighted by Gasteiger charge is 2.13. The van der Waals surface area contributed by atoms with Crippen molar-refractivity contribution < 1.29 is 24.5 Å². The van der Waals surface area contributed by atoms with E-state index in [1.807, 2.05) is 13.0 Å². The molecule has 0 heterocycles. The number of carbonyl (C=O) groups is 1. The molecule has 0 aliphatic rings. The smallest absolute Gasteiger partial charge is 0.328 e. The normalized spacial score (nSPS) is 11.2. The average molecular weight is 328 g/mol. The molecule has 0 saturated heterocycles. The van der Waals surface area contributed by atoms with E-state index in [2.05, 4.69) is 0 Å². The molecular weight excluding hydrogens is 308 g/mol. The molecule has 0 aromatic heterocycles. The number of aromatic hydroxyl groups is 1. The molecule has 0 aliphatic heterocycles. The van der Waals surface area contributed by atoms with Crippen LogP contribution in [0.4, 0.5) is 0 Å². The molecule has 0 spiro atoms. The molecule has 5 nitrogen and oxygen atoms in total. The third kappa shape index (κ3) is 4.29. The number of carboxylic acids is 1. The monoisotopic (exact) mass is 328 g/mol. The zero-order chi connectivity index (χ0) is 17.5. The van der Waals surface area contributed by atoms with Gasteiger partial charge in [-0.1, -0.05) is 19.1 Å². The number of benzene rings is 2. The molecule has 2 N–H and O–H groups in total. The topological polar surface area (TPSA) is 76.0 Å². The number of rotatable bonds is 7. The van der Waals surface area contributed by atoms with E-state index < -0.39 is 5.97 Å². The lowest BCUT2D eigenvalue weighted by Gasteiger charge is -2.13. The van der Waals surface area contributed by atoms with Gasteiger partial charge >= 0.3 is 5.97 Å². The van der Waals surface area contributed by atoms with Crippen LogP contribution in [0.5, 0.6) is 17.2 Å². The molecule has 0 unspecified atom stereocenters. The van der Waals surface area contributed by atoms with E-state index in [1.54, 1.807) is 30.3 Å². The maximum absolute atomic E-state index is 11.2. The van der Waals surface area contributed by atoms with Gasteiger partial charge in [-0.15, -0.1) is 0 Å². The van der Waals surface area contributed by atoms with Crippen LogP contribution in [0.15, 0.2) is 48.5 Å². The molecule has 126 valence electrons. The largest absolute Gasteiger partial charge is 0.507 e. The Morgan fingerprint density at radius 2 is 1.96 bits per heavy atom. The fourth-order valence-electron chi connectivity index (χ4n) is 2.28. The summed E-state index contributed by atoms with van der Waals surface area (Å²) in [4.78, 5) is 11.2. The molecule has 0 bridgehead atoms. The van der Waals surface area contributed by atoms with Crippen molar-refractivity contribution in [1.82, 2.24) is 0 Å². The summed E-state index contributed by atoms with van der Waals surface area (Å²) in [5.74, 6) is -0.00794. The van der Waals surface area contributed by atoms with Crippen LogP contribution in [-0.4, -0.2) is 29.9 Å². The Morgan fingerprint density at radius 3 is 2.58 bits per heavy atom. The lowest BCUT2D eigenvalue weighted by Crippen LogP contribution is -1.98. The van der Waals surface area contributed by atoms with Gasteiger partial charge in [0.2, 0.25) is 0 Å². The van der Waals surface area contributed by atoms with Crippen molar-refractivity contribution in [3.63, 3.8) is 0 Å². The van der Waals surface area contributed by atoms with E-state index in [-0.39, 0.29) is 5.75 Å². The summed E-state index contributed by atoms with van der Waals surface area (Å²) in [7, 11) is 1.50. The van der Waals surface area contributed by atoms with Crippen molar-refractivity contribution in [2.24, 2.45) is 0 Å². The number of ether oxygens (including phenoxy) is 2. The number of carboxylic acid groups (broad SMARTS) is 1. The maximum atomic E-state index is 11.2. The fourth-order valence-corrected chi connectivity index (χ4v) is 2.28. The molecule has 0 saturated carbocycles. The SMILES string of the molecule is CCCOc1cccc(/C(=C/C(=O)O)c2ccc(OC)cc2O)c1. The van der Waals surface area contributed by atoms with Crippen LogP contribution in [0.25, 0.3) is 5.57 Å². The standard InChI is InChI=1S/C19H20O5/c1-3-9-24-15-6-4-5-13(10-15)17(12-19(21)22)16-8-7-14(23-2)11-18(16)20/h4-8,10-12,20H,3,9H2,1-2H3,(H,21,22)/b17-12-.